The average Bonchev–Trinajstić information content (AvgIpc) is 3.41. The van der Waals surface area contributed by atoms with Crippen molar-refractivity contribution in [2.75, 3.05) is 43.4 Å². The fourth-order valence-electron chi connectivity index (χ4n) is 4.77. The topological polar surface area (TPSA) is 95.3 Å². The van der Waals surface area contributed by atoms with Gasteiger partial charge < -0.3 is 29.4 Å². The number of anilines is 3. The maximum atomic E-state index is 6.27. The number of hydrogen-bond donors (Lipinski definition) is 2. The first-order valence-corrected chi connectivity index (χ1v) is 12.3. The second kappa shape index (κ2) is 8.88. The van der Waals surface area contributed by atoms with Crippen molar-refractivity contribution >= 4 is 28.4 Å². The van der Waals surface area contributed by atoms with Crippen molar-refractivity contribution in [1.29, 1.82) is 0 Å². The van der Waals surface area contributed by atoms with E-state index < -0.39 is 0 Å². The third kappa shape index (κ3) is 4.43. The standard InChI is InChI=1S/C26H31N7O2/c1-16-13-19-17(2)22(8-7-20(19)27-16)34-26-29-23(15-24(30-26)33-11-9-32(3)10-12-33)28-25-14-21(31-35-25)18-5-4-6-18/h7-8,13-15,18,27H,4-6,9-12H2,1-3H3,(H,28,29,30). The van der Waals surface area contributed by atoms with Crippen molar-refractivity contribution in [1.82, 2.24) is 25.0 Å². The maximum Gasteiger partial charge on any atom is 0.325 e. The van der Waals surface area contributed by atoms with Crippen LogP contribution in [0.15, 0.2) is 34.9 Å². The Hall–Kier alpha value is -3.59. The molecule has 9 nitrogen and oxygen atoms in total. The van der Waals surface area contributed by atoms with Crippen LogP contribution in [0.3, 0.4) is 0 Å². The molecule has 1 saturated carbocycles. The fraction of sp³-hybridized carbons (Fsp3) is 0.423. The van der Waals surface area contributed by atoms with E-state index in [0.29, 0.717) is 23.6 Å². The molecule has 0 unspecified atom stereocenters. The second-order valence-corrected chi connectivity index (χ2v) is 9.76. The Balaban J connectivity index is 1.31. The Bertz CT molecular complexity index is 1350. The minimum Gasteiger partial charge on any atom is -0.424 e. The maximum absolute atomic E-state index is 6.27. The lowest BCUT2D eigenvalue weighted by atomic mass is 9.83. The zero-order valence-electron chi connectivity index (χ0n) is 20.5. The van der Waals surface area contributed by atoms with Crippen molar-refractivity contribution in [2.24, 2.45) is 0 Å². The van der Waals surface area contributed by atoms with Gasteiger partial charge in [0, 0.05) is 66.4 Å². The van der Waals surface area contributed by atoms with Crippen LogP contribution in [0.5, 0.6) is 11.8 Å². The summed E-state index contributed by atoms with van der Waals surface area (Å²) < 4.78 is 11.8. The number of aromatic nitrogens is 4. The number of rotatable bonds is 6. The molecule has 182 valence electrons. The Morgan fingerprint density at radius 3 is 2.66 bits per heavy atom. The monoisotopic (exact) mass is 473 g/mol. The van der Waals surface area contributed by atoms with Gasteiger partial charge in [-0.3, -0.25) is 0 Å². The first-order valence-electron chi connectivity index (χ1n) is 12.3. The predicted octanol–water partition coefficient (Wildman–Crippen LogP) is 5.12. The molecule has 1 aliphatic carbocycles. The first-order chi connectivity index (χ1) is 17.0. The van der Waals surface area contributed by atoms with E-state index in [1.807, 2.05) is 24.3 Å². The van der Waals surface area contributed by atoms with Gasteiger partial charge in [0.1, 0.15) is 17.4 Å². The van der Waals surface area contributed by atoms with Gasteiger partial charge in [-0.25, -0.2) is 0 Å². The molecule has 3 aromatic heterocycles. The molecule has 6 rings (SSSR count). The van der Waals surface area contributed by atoms with Crippen LogP contribution in [0, 0.1) is 13.8 Å². The molecule has 0 amide bonds. The summed E-state index contributed by atoms with van der Waals surface area (Å²) in [5.41, 5.74) is 4.27. The van der Waals surface area contributed by atoms with Gasteiger partial charge in [0.2, 0.25) is 5.88 Å². The van der Waals surface area contributed by atoms with Crippen LogP contribution in [-0.2, 0) is 0 Å². The van der Waals surface area contributed by atoms with E-state index in [4.69, 9.17) is 14.2 Å². The SMILES string of the molecule is Cc1cc2c(C)c(Oc3nc(Nc4cc(C5CCC5)no4)cc(N4CCN(C)CC4)n3)ccc2[nH]1. The molecule has 0 bridgehead atoms. The van der Waals surface area contributed by atoms with Crippen LogP contribution >= 0.6 is 0 Å². The largest absolute Gasteiger partial charge is 0.424 e. The van der Waals surface area contributed by atoms with Crippen molar-refractivity contribution < 1.29 is 9.26 Å². The van der Waals surface area contributed by atoms with Crippen molar-refractivity contribution in [3.63, 3.8) is 0 Å². The van der Waals surface area contributed by atoms with E-state index in [2.05, 4.69) is 57.2 Å². The van der Waals surface area contributed by atoms with Crippen molar-refractivity contribution in [3.05, 3.63) is 47.3 Å². The quantitative estimate of drug-likeness (QED) is 0.399. The van der Waals surface area contributed by atoms with Crippen LogP contribution in [0.2, 0.25) is 0 Å². The molecule has 4 heterocycles. The summed E-state index contributed by atoms with van der Waals surface area (Å²) in [6, 6.07) is 10.4. The number of nitrogens with zero attached hydrogens (tertiary/aromatic N) is 5. The lowest BCUT2D eigenvalue weighted by Gasteiger charge is -2.33. The summed E-state index contributed by atoms with van der Waals surface area (Å²) >= 11 is 0. The Morgan fingerprint density at radius 2 is 1.89 bits per heavy atom. The zero-order valence-corrected chi connectivity index (χ0v) is 20.5. The van der Waals surface area contributed by atoms with Gasteiger partial charge in [0.15, 0.2) is 0 Å². The summed E-state index contributed by atoms with van der Waals surface area (Å²) in [7, 11) is 2.14. The smallest absolute Gasteiger partial charge is 0.325 e. The van der Waals surface area contributed by atoms with Crippen molar-refractivity contribution in [3.8, 4) is 11.8 Å². The normalized spacial score (nSPS) is 17.1. The Labute approximate surface area is 204 Å². The molecule has 1 aliphatic heterocycles. The molecule has 4 aromatic rings. The number of ether oxygens (including phenoxy) is 1. The highest BCUT2D eigenvalue weighted by molar-refractivity contribution is 5.86. The summed E-state index contributed by atoms with van der Waals surface area (Å²) in [5.74, 6) is 3.29. The van der Waals surface area contributed by atoms with Gasteiger partial charge in [-0.1, -0.05) is 11.6 Å². The predicted molar refractivity (Wildman–Crippen MR) is 136 cm³/mol. The highest BCUT2D eigenvalue weighted by atomic mass is 16.5. The van der Waals surface area contributed by atoms with Gasteiger partial charge in [-0.2, -0.15) is 9.97 Å². The third-order valence-corrected chi connectivity index (χ3v) is 7.18. The lowest BCUT2D eigenvalue weighted by molar-refractivity contribution is 0.311. The van der Waals surface area contributed by atoms with Gasteiger partial charge in [-0.05, 0) is 51.9 Å². The van der Waals surface area contributed by atoms with Crippen LogP contribution in [0.1, 0.15) is 42.1 Å². The average molecular weight is 474 g/mol. The zero-order chi connectivity index (χ0) is 23.9. The molecular weight excluding hydrogens is 442 g/mol. The molecule has 2 fully saturated rings. The summed E-state index contributed by atoms with van der Waals surface area (Å²) in [4.78, 5) is 17.4. The number of aromatic amines is 1. The number of nitrogens with one attached hydrogen (secondary N) is 2. The second-order valence-electron chi connectivity index (χ2n) is 9.76. The van der Waals surface area contributed by atoms with E-state index in [1.165, 1.54) is 19.3 Å². The Morgan fingerprint density at radius 1 is 1.06 bits per heavy atom. The minimum atomic E-state index is 0.303. The Kier molecular flexibility index (Phi) is 5.56. The van der Waals surface area contributed by atoms with E-state index >= 15 is 0 Å². The molecule has 9 heteroatoms. The van der Waals surface area contributed by atoms with E-state index in [0.717, 1.165) is 65.6 Å². The molecule has 1 saturated heterocycles. The van der Waals surface area contributed by atoms with Crippen molar-refractivity contribution in [2.45, 2.75) is 39.0 Å². The van der Waals surface area contributed by atoms with E-state index in [-0.39, 0.29) is 0 Å². The molecule has 2 N–H and O–H groups in total. The molecule has 2 aliphatic rings. The van der Waals surface area contributed by atoms with Gasteiger partial charge in [0.25, 0.3) is 0 Å². The minimum absolute atomic E-state index is 0.303. The van der Waals surface area contributed by atoms with Crippen LogP contribution in [-0.4, -0.2) is 58.2 Å². The molecular formula is C26H31N7O2. The highest BCUT2D eigenvalue weighted by Gasteiger charge is 2.24. The molecule has 0 radical (unpaired) electrons. The molecule has 0 spiro atoms. The molecule has 1 aromatic carbocycles. The van der Waals surface area contributed by atoms with Gasteiger partial charge in [-0.15, -0.1) is 0 Å². The number of aryl methyl sites for hydroxylation is 2. The number of piperazine rings is 1. The van der Waals surface area contributed by atoms with Gasteiger partial charge in [0.05, 0.1) is 5.69 Å². The highest BCUT2D eigenvalue weighted by Crippen LogP contribution is 2.37. The summed E-state index contributed by atoms with van der Waals surface area (Å²) in [6.45, 7) is 7.88. The number of hydrogen-bond acceptors (Lipinski definition) is 8. The van der Waals surface area contributed by atoms with E-state index in [9.17, 15) is 0 Å². The number of likely N-dealkylation sites (N-methyl/N-ethyl adjacent to an activating group) is 1. The number of fused-ring (bicyclic) bond motifs is 1. The van der Waals surface area contributed by atoms with E-state index in [1.54, 1.807) is 0 Å². The summed E-state index contributed by atoms with van der Waals surface area (Å²) in [6.07, 6.45) is 3.61. The van der Waals surface area contributed by atoms with Crippen LogP contribution < -0.4 is 15.0 Å². The fourth-order valence-corrected chi connectivity index (χ4v) is 4.77. The molecule has 35 heavy (non-hydrogen) atoms. The number of H-pyrrole nitrogens is 1. The van der Waals surface area contributed by atoms with Crippen LogP contribution in [0.4, 0.5) is 17.5 Å². The number of benzene rings is 1. The first kappa shape index (κ1) is 21.9. The van der Waals surface area contributed by atoms with Crippen LogP contribution in [0.25, 0.3) is 10.9 Å². The lowest BCUT2D eigenvalue weighted by Crippen LogP contribution is -2.44. The molecule has 0 atom stereocenters. The third-order valence-electron chi connectivity index (χ3n) is 7.18. The summed E-state index contributed by atoms with van der Waals surface area (Å²) in [5, 5.41) is 8.68. The van der Waals surface area contributed by atoms with Gasteiger partial charge >= 0.3 is 6.01 Å².